The highest BCUT2D eigenvalue weighted by atomic mass is 15.3. The zero-order valence-corrected chi connectivity index (χ0v) is 20.5. The quantitative estimate of drug-likeness (QED) is 0.381. The van der Waals surface area contributed by atoms with E-state index in [4.69, 9.17) is 0 Å². The van der Waals surface area contributed by atoms with Crippen molar-refractivity contribution in [2.24, 2.45) is 7.05 Å². The van der Waals surface area contributed by atoms with Crippen LogP contribution in [0, 0.1) is 20.8 Å². The molecule has 5 nitrogen and oxygen atoms in total. The van der Waals surface area contributed by atoms with Gasteiger partial charge >= 0.3 is 0 Å². The van der Waals surface area contributed by atoms with Gasteiger partial charge in [-0.05, 0) is 56.4 Å². The Hall–Kier alpha value is -3.21. The van der Waals surface area contributed by atoms with E-state index in [-0.39, 0.29) is 0 Å². The smallest absolute Gasteiger partial charge is 0.283 e. The molecule has 0 aliphatic carbocycles. The van der Waals surface area contributed by atoms with E-state index >= 15 is 0 Å². The van der Waals surface area contributed by atoms with Gasteiger partial charge in [-0.3, -0.25) is 4.57 Å². The van der Waals surface area contributed by atoms with Gasteiger partial charge in [0.05, 0.1) is 12.6 Å². The van der Waals surface area contributed by atoms with Gasteiger partial charge in [-0.2, -0.15) is 4.57 Å². The molecule has 4 rings (SSSR count). The summed E-state index contributed by atoms with van der Waals surface area (Å²) in [6, 6.07) is 13.2. The van der Waals surface area contributed by atoms with Gasteiger partial charge in [0, 0.05) is 16.8 Å². The molecule has 0 saturated heterocycles. The van der Waals surface area contributed by atoms with Crippen LogP contribution >= 0.6 is 0 Å². The van der Waals surface area contributed by atoms with Crippen molar-refractivity contribution in [2.45, 2.75) is 60.3 Å². The fourth-order valence-corrected chi connectivity index (χ4v) is 4.59. The van der Waals surface area contributed by atoms with Gasteiger partial charge < -0.3 is 0 Å². The van der Waals surface area contributed by atoms with Crippen LogP contribution in [0.5, 0.6) is 0 Å². The van der Waals surface area contributed by atoms with Crippen LogP contribution < -0.4 is 4.57 Å². The van der Waals surface area contributed by atoms with E-state index in [9.17, 15) is 0 Å². The maximum Gasteiger partial charge on any atom is 0.294 e. The molecule has 2 heterocycles. The van der Waals surface area contributed by atoms with Crippen LogP contribution in [0.2, 0.25) is 0 Å². The number of imidazole rings is 1. The third-order valence-corrected chi connectivity index (χ3v) is 6.27. The first-order valence-corrected chi connectivity index (χ1v) is 11.4. The van der Waals surface area contributed by atoms with Gasteiger partial charge in [-0.25, -0.2) is 4.57 Å². The SMILES string of the molecule is Cc1ccccc1-c1n(-c2c(C(C)C)cc(-n3c(C)nnc3C)cc2C(C)C)cc[n+]1C. The van der Waals surface area contributed by atoms with Crippen molar-refractivity contribution in [3.05, 3.63) is 77.1 Å². The molecule has 32 heavy (non-hydrogen) atoms. The standard InChI is InChI=1S/C27H34N5/c1-17(2)24-15-22(32-20(6)28-29-21(32)7)16-25(18(3)4)26(24)31-14-13-30(8)27(31)23-12-10-9-11-19(23)5/h9-18H,1-8H3/q+1. The van der Waals surface area contributed by atoms with Crippen LogP contribution in [-0.4, -0.2) is 19.3 Å². The summed E-state index contributed by atoms with van der Waals surface area (Å²) in [5.41, 5.74) is 7.58. The highest BCUT2D eigenvalue weighted by Crippen LogP contribution is 2.36. The van der Waals surface area contributed by atoms with Crippen molar-refractivity contribution in [3.63, 3.8) is 0 Å². The van der Waals surface area contributed by atoms with Crippen LogP contribution in [0.3, 0.4) is 0 Å². The predicted molar refractivity (Wildman–Crippen MR) is 130 cm³/mol. The number of hydrogen-bond donors (Lipinski definition) is 0. The van der Waals surface area contributed by atoms with E-state index in [2.05, 4.69) is 114 Å². The van der Waals surface area contributed by atoms with Crippen molar-refractivity contribution in [3.8, 4) is 22.8 Å². The summed E-state index contributed by atoms with van der Waals surface area (Å²) in [4.78, 5) is 0. The Kier molecular flexibility index (Phi) is 5.76. The number of aryl methyl sites for hydroxylation is 4. The Morgan fingerprint density at radius 2 is 1.41 bits per heavy atom. The van der Waals surface area contributed by atoms with Crippen molar-refractivity contribution in [2.75, 3.05) is 0 Å². The summed E-state index contributed by atoms with van der Waals surface area (Å²) < 4.78 is 6.75. The molecule has 0 fully saturated rings. The van der Waals surface area contributed by atoms with Gasteiger partial charge in [0.2, 0.25) is 0 Å². The number of aromatic nitrogens is 5. The molecule has 0 bridgehead atoms. The number of benzene rings is 2. The minimum atomic E-state index is 0.358. The van der Waals surface area contributed by atoms with Crippen LogP contribution in [0.4, 0.5) is 0 Å². The average Bonchev–Trinajstić information content (AvgIpc) is 3.28. The summed E-state index contributed by atoms with van der Waals surface area (Å²) >= 11 is 0. The normalized spacial score (nSPS) is 11.7. The Morgan fingerprint density at radius 1 is 0.844 bits per heavy atom. The van der Waals surface area contributed by atoms with Crippen molar-refractivity contribution < 1.29 is 4.57 Å². The molecule has 2 aromatic heterocycles. The first-order valence-electron chi connectivity index (χ1n) is 11.4. The average molecular weight is 429 g/mol. The third kappa shape index (κ3) is 3.66. The molecular weight excluding hydrogens is 394 g/mol. The second-order valence-electron chi connectivity index (χ2n) is 9.33. The fraction of sp³-hybridized carbons (Fsp3) is 0.370. The molecule has 0 atom stereocenters. The number of hydrogen-bond acceptors (Lipinski definition) is 2. The van der Waals surface area contributed by atoms with E-state index in [1.807, 2.05) is 13.8 Å². The number of rotatable bonds is 5. The molecule has 0 N–H and O–H groups in total. The lowest BCUT2D eigenvalue weighted by Crippen LogP contribution is -2.29. The Balaban J connectivity index is 2.06. The van der Waals surface area contributed by atoms with Gasteiger partial charge in [0.25, 0.3) is 5.82 Å². The van der Waals surface area contributed by atoms with E-state index in [0.29, 0.717) is 11.8 Å². The lowest BCUT2D eigenvalue weighted by Gasteiger charge is -2.21. The highest BCUT2D eigenvalue weighted by Gasteiger charge is 2.28. The first kappa shape index (κ1) is 22.0. The molecule has 0 spiro atoms. The zero-order chi connectivity index (χ0) is 23.2. The monoisotopic (exact) mass is 428 g/mol. The number of nitrogens with zero attached hydrogens (tertiary/aromatic N) is 5. The molecule has 0 radical (unpaired) electrons. The molecule has 0 aliphatic heterocycles. The minimum Gasteiger partial charge on any atom is -0.283 e. The van der Waals surface area contributed by atoms with Crippen molar-refractivity contribution >= 4 is 0 Å². The lowest BCUT2D eigenvalue weighted by atomic mass is 9.91. The lowest BCUT2D eigenvalue weighted by molar-refractivity contribution is -0.659. The third-order valence-electron chi connectivity index (χ3n) is 6.27. The van der Waals surface area contributed by atoms with Crippen LogP contribution in [0.1, 0.15) is 67.9 Å². The Morgan fingerprint density at radius 3 is 1.94 bits per heavy atom. The van der Waals surface area contributed by atoms with Gasteiger partial charge in [0.15, 0.2) is 0 Å². The second-order valence-corrected chi connectivity index (χ2v) is 9.33. The maximum atomic E-state index is 4.29. The van der Waals surface area contributed by atoms with Crippen molar-refractivity contribution in [1.29, 1.82) is 0 Å². The zero-order valence-electron chi connectivity index (χ0n) is 20.5. The van der Waals surface area contributed by atoms with Gasteiger partial charge in [-0.15, -0.1) is 10.2 Å². The van der Waals surface area contributed by atoms with Crippen LogP contribution in [0.25, 0.3) is 22.8 Å². The fourth-order valence-electron chi connectivity index (χ4n) is 4.59. The topological polar surface area (TPSA) is 39.5 Å². The molecule has 166 valence electrons. The molecule has 0 aliphatic rings. The molecule has 0 saturated carbocycles. The Bertz CT molecular complexity index is 1220. The molecular formula is C27H34N5+. The summed E-state index contributed by atoms with van der Waals surface area (Å²) in [5, 5.41) is 8.59. The van der Waals surface area contributed by atoms with E-state index in [1.165, 1.54) is 33.8 Å². The first-order chi connectivity index (χ1) is 15.2. The molecule has 5 heteroatoms. The Labute approximate surface area is 191 Å². The molecule has 2 aromatic carbocycles. The summed E-state index contributed by atoms with van der Waals surface area (Å²) in [7, 11) is 2.13. The van der Waals surface area contributed by atoms with Gasteiger partial charge in [0.1, 0.15) is 29.7 Å². The van der Waals surface area contributed by atoms with E-state index < -0.39 is 0 Å². The summed E-state index contributed by atoms with van der Waals surface area (Å²) in [5.74, 6) is 3.73. The largest absolute Gasteiger partial charge is 0.294 e. The van der Waals surface area contributed by atoms with E-state index in [1.54, 1.807) is 0 Å². The summed E-state index contributed by atoms with van der Waals surface area (Å²) in [6.45, 7) is 15.3. The second kappa shape index (κ2) is 8.38. The van der Waals surface area contributed by atoms with Gasteiger partial charge in [-0.1, -0.05) is 45.9 Å². The summed E-state index contributed by atoms with van der Waals surface area (Å²) in [6.07, 6.45) is 4.35. The maximum absolute atomic E-state index is 4.29. The highest BCUT2D eigenvalue weighted by molar-refractivity contribution is 5.65. The molecule has 0 unspecified atom stereocenters. The molecule has 0 amide bonds. The van der Waals surface area contributed by atoms with E-state index in [0.717, 1.165) is 17.3 Å². The minimum absolute atomic E-state index is 0.358. The molecule has 4 aromatic rings. The predicted octanol–water partition coefficient (Wildman–Crippen LogP) is 5.72. The van der Waals surface area contributed by atoms with Crippen LogP contribution in [0.15, 0.2) is 48.8 Å². The van der Waals surface area contributed by atoms with Crippen molar-refractivity contribution in [1.82, 2.24) is 19.3 Å². The van der Waals surface area contributed by atoms with Crippen LogP contribution in [-0.2, 0) is 7.05 Å².